The molecule has 1 aliphatic carbocycles. The lowest BCUT2D eigenvalue weighted by Gasteiger charge is -2.37. The second kappa shape index (κ2) is 5.77. The molecule has 4 nitrogen and oxygen atoms in total. The van der Waals surface area contributed by atoms with Crippen LogP contribution in [-0.4, -0.2) is 48.5 Å². The molecule has 1 unspecified atom stereocenters. The number of piperidine rings is 1. The van der Waals surface area contributed by atoms with Crippen molar-refractivity contribution in [3.63, 3.8) is 0 Å². The Bertz CT molecular complexity index is 382. The van der Waals surface area contributed by atoms with Gasteiger partial charge in [0.15, 0.2) is 0 Å². The number of rotatable bonds is 4. The molecule has 0 amide bonds. The van der Waals surface area contributed by atoms with Crippen molar-refractivity contribution in [1.29, 1.82) is 0 Å². The molecule has 0 bridgehead atoms. The van der Waals surface area contributed by atoms with Gasteiger partial charge >= 0.3 is 0 Å². The number of halogens is 1. The monoisotopic (exact) mass is 338 g/mol. The Balaban J connectivity index is 1.92. The van der Waals surface area contributed by atoms with Crippen LogP contribution in [0.1, 0.15) is 32.6 Å². The lowest BCUT2D eigenvalue weighted by Crippen LogP contribution is -2.48. The minimum Gasteiger partial charge on any atom is -0.195 e. The zero-order chi connectivity index (χ0) is 13.3. The summed E-state index contributed by atoms with van der Waals surface area (Å²) in [6.07, 6.45) is 4.32. The third-order valence-corrected chi connectivity index (χ3v) is 6.70. The van der Waals surface area contributed by atoms with Gasteiger partial charge in [0.05, 0.1) is 0 Å². The van der Waals surface area contributed by atoms with Crippen molar-refractivity contribution < 1.29 is 8.42 Å². The molecule has 1 atom stereocenters. The van der Waals surface area contributed by atoms with Gasteiger partial charge in [0.2, 0.25) is 0 Å². The van der Waals surface area contributed by atoms with Gasteiger partial charge in [0, 0.05) is 31.5 Å². The molecule has 1 aliphatic heterocycles. The largest absolute Gasteiger partial charge is 0.281 e. The highest BCUT2D eigenvalue weighted by atomic mass is 79.9. The van der Waals surface area contributed by atoms with Crippen LogP contribution in [-0.2, 0) is 10.2 Å². The Morgan fingerprint density at radius 1 is 1.39 bits per heavy atom. The normalized spacial score (nSPS) is 34.6. The molecule has 1 saturated carbocycles. The summed E-state index contributed by atoms with van der Waals surface area (Å²) in [4.78, 5) is 0.591. The zero-order valence-corrected chi connectivity index (χ0v) is 13.6. The molecule has 0 aromatic carbocycles. The van der Waals surface area contributed by atoms with Crippen LogP contribution < -0.4 is 0 Å². The van der Waals surface area contributed by atoms with E-state index in [1.54, 1.807) is 15.7 Å². The van der Waals surface area contributed by atoms with Crippen molar-refractivity contribution in [3.8, 4) is 0 Å². The van der Waals surface area contributed by atoms with Gasteiger partial charge in [0.25, 0.3) is 10.2 Å². The molecule has 0 radical (unpaired) electrons. The SMILES string of the molecule is CC1CCCN(S(=O)(=O)N(C)CC2CC(Br)C2)C1. The molecule has 18 heavy (non-hydrogen) atoms. The minimum atomic E-state index is -3.23. The first-order valence-electron chi connectivity index (χ1n) is 6.75. The van der Waals surface area contributed by atoms with Crippen LogP contribution in [0.2, 0.25) is 0 Å². The highest BCUT2D eigenvalue weighted by molar-refractivity contribution is 9.09. The zero-order valence-electron chi connectivity index (χ0n) is 11.2. The lowest BCUT2D eigenvalue weighted by atomic mass is 9.85. The molecule has 1 heterocycles. The van der Waals surface area contributed by atoms with Crippen LogP contribution in [0.4, 0.5) is 0 Å². The second-order valence-electron chi connectivity index (χ2n) is 5.83. The maximum absolute atomic E-state index is 12.4. The highest BCUT2D eigenvalue weighted by Gasteiger charge is 2.34. The van der Waals surface area contributed by atoms with Gasteiger partial charge in [-0.2, -0.15) is 17.0 Å². The summed E-state index contributed by atoms with van der Waals surface area (Å²) in [5.74, 6) is 1.01. The van der Waals surface area contributed by atoms with E-state index in [2.05, 4.69) is 22.9 Å². The Kier molecular flexibility index (Phi) is 4.73. The lowest BCUT2D eigenvalue weighted by molar-refractivity contribution is 0.237. The number of alkyl halides is 1. The van der Waals surface area contributed by atoms with Gasteiger partial charge in [-0.1, -0.05) is 22.9 Å². The molecular formula is C12H23BrN2O2S. The molecule has 0 spiro atoms. The molecule has 0 N–H and O–H groups in total. The van der Waals surface area contributed by atoms with Crippen molar-refractivity contribution in [2.45, 2.75) is 37.4 Å². The topological polar surface area (TPSA) is 40.6 Å². The van der Waals surface area contributed by atoms with Gasteiger partial charge in [0.1, 0.15) is 0 Å². The Hall–Kier alpha value is 0.350. The average molecular weight is 339 g/mol. The van der Waals surface area contributed by atoms with Crippen LogP contribution in [0.25, 0.3) is 0 Å². The summed E-state index contributed by atoms with van der Waals surface area (Å²) >= 11 is 3.55. The van der Waals surface area contributed by atoms with E-state index in [0.717, 1.165) is 25.7 Å². The summed E-state index contributed by atoms with van der Waals surface area (Å²) in [6.45, 7) is 4.15. The number of hydrogen-bond acceptors (Lipinski definition) is 2. The smallest absolute Gasteiger partial charge is 0.195 e. The second-order valence-corrected chi connectivity index (χ2v) is 9.16. The first-order valence-corrected chi connectivity index (χ1v) is 9.06. The average Bonchev–Trinajstić information content (AvgIpc) is 2.26. The van der Waals surface area contributed by atoms with E-state index >= 15 is 0 Å². The quantitative estimate of drug-likeness (QED) is 0.736. The fraction of sp³-hybridized carbons (Fsp3) is 1.00. The van der Waals surface area contributed by atoms with Gasteiger partial charge in [-0.05, 0) is 37.5 Å². The van der Waals surface area contributed by atoms with Crippen LogP contribution in [0, 0.1) is 11.8 Å². The molecule has 1 saturated heterocycles. The first kappa shape index (κ1) is 14.8. The van der Waals surface area contributed by atoms with E-state index in [1.165, 1.54) is 0 Å². The molecule has 6 heteroatoms. The molecule has 0 aromatic heterocycles. The van der Waals surface area contributed by atoms with E-state index in [4.69, 9.17) is 0 Å². The van der Waals surface area contributed by atoms with Crippen LogP contribution in [0.15, 0.2) is 0 Å². The first-order chi connectivity index (χ1) is 8.39. The molecule has 2 rings (SSSR count). The van der Waals surface area contributed by atoms with Crippen molar-refractivity contribution >= 4 is 26.1 Å². The van der Waals surface area contributed by atoms with Crippen LogP contribution in [0.3, 0.4) is 0 Å². The summed E-state index contributed by atoms with van der Waals surface area (Å²) in [5.41, 5.74) is 0. The maximum Gasteiger partial charge on any atom is 0.281 e. The fourth-order valence-electron chi connectivity index (χ4n) is 2.81. The molecule has 106 valence electrons. The van der Waals surface area contributed by atoms with Gasteiger partial charge in [-0.3, -0.25) is 0 Å². The highest BCUT2D eigenvalue weighted by Crippen LogP contribution is 2.34. The third kappa shape index (κ3) is 3.26. The number of hydrogen-bond donors (Lipinski definition) is 0. The van der Waals surface area contributed by atoms with Gasteiger partial charge < -0.3 is 0 Å². The summed E-state index contributed by atoms with van der Waals surface area (Å²) < 4.78 is 28.1. The van der Waals surface area contributed by atoms with Crippen LogP contribution in [0.5, 0.6) is 0 Å². The van der Waals surface area contributed by atoms with Gasteiger partial charge in [-0.25, -0.2) is 0 Å². The Labute approximate surface area is 119 Å². The fourth-order valence-corrected chi connectivity index (χ4v) is 5.47. The van der Waals surface area contributed by atoms with Crippen LogP contribution >= 0.6 is 15.9 Å². The summed E-state index contributed by atoms with van der Waals surface area (Å²) in [7, 11) is -1.51. The van der Waals surface area contributed by atoms with E-state index in [1.807, 2.05) is 0 Å². The predicted molar refractivity (Wildman–Crippen MR) is 77.0 cm³/mol. The van der Waals surface area contributed by atoms with Gasteiger partial charge in [-0.15, -0.1) is 0 Å². The minimum absolute atomic E-state index is 0.484. The molecule has 0 aromatic rings. The summed E-state index contributed by atoms with van der Waals surface area (Å²) in [6, 6.07) is 0. The van der Waals surface area contributed by atoms with Crippen molar-refractivity contribution in [2.75, 3.05) is 26.7 Å². The predicted octanol–water partition coefficient (Wildman–Crippen LogP) is 2.07. The Morgan fingerprint density at radius 3 is 2.61 bits per heavy atom. The maximum atomic E-state index is 12.4. The van der Waals surface area contributed by atoms with E-state index in [0.29, 0.717) is 36.3 Å². The van der Waals surface area contributed by atoms with E-state index in [-0.39, 0.29) is 0 Å². The molecule has 2 aliphatic rings. The van der Waals surface area contributed by atoms with E-state index < -0.39 is 10.2 Å². The third-order valence-electron chi connectivity index (χ3n) is 4.03. The van der Waals surface area contributed by atoms with Crippen molar-refractivity contribution in [1.82, 2.24) is 8.61 Å². The number of nitrogens with zero attached hydrogens (tertiary/aromatic N) is 2. The molecular weight excluding hydrogens is 316 g/mol. The molecule has 2 fully saturated rings. The van der Waals surface area contributed by atoms with E-state index in [9.17, 15) is 8.42 Å². The van der Waals surface area contributed by atoms with Crippen molar-refractivity contribution in [3.05, 3.63) is 0 Å². The summed E-state index contributed by atoms with van der Waals surface area (Å²) in [5, 5.41) is 0. The standard InChI is InChI=1S/C12H23BrN2O2S/c1-10-4-3-5-15(8-10)18(16,17)14(2)9-11-6-12(13)7-11/h10-12H,3-9H2,1-2H3. The Morgan fingerprint density at radius 2 is 2.06 bits per heavy atom. The van der Waals surface area contributed by atoms with Crippen molar-refractivity contribution in [2.24, 2.45) is 11.8 Å².